The first kappa shape index (κ1) is 30.0. The number of esters is 2. The smallest absolute Gasteiger partial charge is 0.338 e. The lowest BCUT2D eigenvalue weighted by molar-refractivity contribution is -0.163. The van der Waals surface area contributed by atoms with Gasteiger partial charge in [-0.25, -0.2) is 9.78 Å². The van der Waals surface area contributed by atoms with Crippen LogP contribution in [0.5, 0.6) is 0 Å². The van der Waals surface area contributed by atoms with Crippen LogP contribution in [0.25, 0.3) is 0 Å². The zero-order valence-electron chi connectivity index (χ0n) is 21.3. The van der Waals surface area contributed by atoms with Gasteiger partial charge in [0.1, 0.15) is 12.1 Å². The van der Waals surface area contributed by atoms with Gasteiger partial charge in [-0.1, -0.05) is 43.1 Å². The van der Waals surface area contributed by atoms with Gasteiger partial charge in [0.05, 0.1) is 25.4 Å². The lowest BCUT2D eigenvalue weighted by Crippen LogP contribution is -2.53. The summed E-state index contributed by atoms with van der Waals surface area (Å²) in [4.78, 5) is 36.7. The largest absolute Gasteiger partial charge is 0.463 e. The lowest BCUT2D eigenvalue weighted by Gasteiger charge is -2.36. The molecule has 13 heteroatoms. The third-order valence-electron chi connectivity index (χ3n) is 5.59. The molecule has 2 atom stereocenters. The summed E-state index contributed by atoms with van der Waals surface area (Å²) in [6, 6.07) is 3.40. The number of thiazole rings is 1. The number of halogens is 2. The number of carbonyl (C=O) groups is 2. The van der Waals surface area contributed by atoms with E-state index in [-0.39, 0.29) is 25.3 Å². The van der Waals surface area contributed by atoms with Crippen LogP contribution in [-0.2, 0) is 23.8 Å². The molecule has 0 saturated carbocycles. The number of aromatic nitrogens is 1. The van der Waals surface area contributed by atoms with Crippen LogP contribution in [0.2, 0.25) is 10.0 Å². The molecular formula is C25H30Cl2N4O6S. The van der Waals surface area contributed by atoms with Gasteiger partial charge in [0, 0.05) is 46.0 Å². The molecule has 10 nitrogen and oxygen atoms in total. The predicted octanol–water partition coefficient (Wildman–Crippen LogP) is 3.58. The second-order valence-corrected chi connectivity index (χ2v) is 9.51. The summed E-state index contributed by atoms with van der Waals surface area (Å²) in [5, 5.41) is 15.5. The fourth-order valence-corrected chi connectivity index (χ4v) is 5.07. The number of morpholine rings is 1. The molecule has 0 amide bonds. The summed E-state index contributed by atoms with van der Waals surface area (Å²) in [7, 11) is 0. The van der Waals surface area contributed by atoms with Crippen molar-refractivity contribution in [2.24, 2.45) is 4.99 Å². The van der Waals surface area contributed by atoms with Crippen LogP contribution >= 0.6 is 34.5 Å². The van der Waals surface area contributed by atoms with Crippen LogP contribution in [0, 0.1) is 0 Å². The first-order valence-electron chi connectivity index (χ1n) is 12.1. The molecule has 2 N–H and O–H groups in total. The quantitative estimate of drug-likeness (QED) is 0.354. The lowest BCUT2D eigenvalue weighted by atomic mass is 9.95. The highest BCUT2D eigenvalue weighted by molar-refractivity contribution is 7.11. The minimum Gasteiger partial charge on any atom is -0.463 e. The van der Waals surface area contributed by atoms with Gasteiger partial charge in [-0.2, -0.15) is 0 Å². The second-order valence-electron chi connectivity index (χ2n) is 7.77. The third-order valence-corrected chi connectivity index (χ3v) is 6.94. The van der Waals surface area contributed by atoms with Crippen molar-refractivity contribution in [2.45, 2.75) is 32.9 Å². The molecule has 2 aromatic rings. The third kappa shape index (κ3) is 7.10. The van der Waals surface area contributed by atoms with Gasteiger partial charge >= 0.3 is 11.9 Å². The predicted molar refractivity (Wildman–Crippen MR) is 145 cm³/mol. The number of nitrogens with one attached hydrogen (secondary N) is 1. The van der Waals surface area contributed by atoms with Crippen LogP contribution in [0.4, 0.5) is 0 Å². The van der Waals surface area contributed by atoms with E-state index in [4.69, 9.17) is 47.5 Å². The Balaban J connectivity index is 0.00000195. The number of aliphatic hydroxyl groups is 1. The van der Waals surface area contributed by atoms with E-state index in [1.54, 1.807) is 31.3 Å². The van der Waals surface area contributed by atoms with Gasteiger partial charge < -0.3 is 24.6 Å². The first-order valence-corrected chi connectivity index (χ1v) is 13.8. The average Bonchev–Trinajstić information content (AvgIpc) is 3.45. The van der Waals surface area contributed by atoms with Gasteiger partial charge in [0.15, 0.2) is 17.6 Å². The van der Waals surface area contributed by atoms with Crippen molar-refractivity contribution in [1.29, 1.82) is 0 Å². The fraction of sp³-hybridized carbons (Fsp3) is 0.440. The number of aliphatic imine (C=N–C) groups is 1. The van der Waals surface area contributed by atoms with Crippen molar-refractivity contribution >= 4 is 52.3 Å². The van der Waals surface area contributed by atoms with Crippen LogP contribution in [0.15, 0.2) is 46.0 Å². The molecule has 2 aliphatic heterocycles. The molecule has 0 bridgehead atoms. The van der Waals surface area contributed by atoms with Crippen molar-refractivity contribution in [3.8, 4) is 0 Å². The molecule has 2 aliphatic rings. The number of nitrogens with zero attached hydrogens (tertiary/aromatic N) is 3. The number of hydrogen-bond acceptors (Lipinski definition) is 11. The van der Waals surface area contributed by atoms with E-state index in [2.05, 4.69) is 10.3 Å². The van der Waals surface area contributed by atoms with Gasteiger partial charge in [-0.05, 0) is 19.1 Å². The van der Waals surface area contributed by atoms with E-state index in [0.717, 1.165) is 0 Å². The van der Waals surface area contributed by atoms with Gasteiger partial charge in [0.25, 0.3) is 0 Å². The first-order chi connectivity index (χ1) is 18.4. The number of amidine groups is 1. The molecule has 0 aliphatic carbocycles. The zero-order valence-corrected chi connectivity index (χ0v) is 23.6. The summed E-state index contributed by atoms with van der Waals surface area (Å²) in [5.41, 5.74) is 1.30. The molecule has 1 saturated heterocycles. The Hall–Kier alpha value is -2.54. The molecule has 1 aromatic heterocycles. The van der Waals surface area contributed by atoms with Crippen LogP contribution in [0.3, 0.4) is 0 Å². The maximum Gasteiger partial charge on any atom is 0.338 e. The Kier molecular flexibility index (Phi) is 11.5. The Morgan fingerprint density at radius 2 is 2.08 bits per heavy atom. The normalized spacial score (nSPS) is 19.6. The second kappa shape index (κ2) is 14.6. The number of aliphatic hydroxyl groups excluding tert-OH is 1. The van der Waals surface area contributed by atoms with E-state index in [1.807, 2.05) is 24.1 Å². The summed E-state index contributed by atoms with van der Waals surface area (Å²) in [6.45, 7) is 6.13. The SMILES string of the molecule is CC.CCOC(=O)C1=C(CN2CCOCC2C(=O)OCO)NC(c2nccs2)=NC1c1ccc(Cl)cc1Cl. The molecule has 0 spiro atoms. The molecule has 38 heavy (non-hydrogen) atoms. The summed E-state index contributed by atoms with van der Waals surface area (Å²) in [6.07, 6.45) is 1.65. The van der Waals surface area contributed by atoms with E-state index < -0.39 is 30.8 Å². The van der Waals surface area contributed by atoms with Crippen molar-refractivity contribution in [2.75, 3.05) is 39.7 Å². The molecular weight excluding hydrogens is 555 g/mol. The van der Waals surface area contributed by atoms with Crippen LogP contribution in [0.1, 0.15) is 37.4 Å². The summed E-state index contributed by atoms with van der Waals surface area (Å²) >= 11 is 14.0. The molecule has 0 radical (unpaired) electrons. The standard InChI is InChI=1S/C23H24Cl2N4O6S.C2H6/c1-2-34-23(32)18-16(10-29-6-7-33-11-17(29)22(31)35-12-30)27-20(21-26-5-8-36-21)28-19(18)14-4-3-13(24)9-15(14)25;1-2/h3-5,8-9,17,19,30H,2,6-7,10-12H2,1H3,(H,27,28);1-2H3. The van der Waals surface area contributed by atoms with E-state index in [1.165, 1.54) is 11.3 Å². The highest BCUT2D eigenvalue weighted by atomic mass is 35.5. The van der Waals surface area contributed by atoms with E-state index in [0.29, 0.717) is 45.3 Å². The summed E-state index contributed by atoms with van der Waals surface area (Å²) < 4.78 is 15.7. The number of carbonyl (C=O) groups excluding carboxylic acids is 2. The minimum absolute atomic E-state index is 0.0840. The average molecular weight is 586 g/mol. The summed E-state index contributed by atoms with van der Waals surface area (Å²) in [5.74, 6) is -0.745. The topological polar surface area (TPSA) is 123 Å². The van der Waals surface area contributed by atoms with Gasteiger partial charge in [0.2, 0.25) is 0 Å². The molecule has 1 fully saturated rings. The Bertz CT molecular complexity index is 1170. The molecule has 206 valence electrons. The Morgan fingerprint density at radius 3 is 2.74 bits per heavy atom. The molecule has 3 heterocycles. The maximum absolute atomic E-state index is 13.3. The Labute approximate surface area is 235 Å². The van der Waals surface area contributed by atoms with Crippen molar-refractivity contribution in [1.82, 2.24) is 15.2 Å². The van der Waals surface area contributed by atoms with Crippen LogP contribution in [-0.4, -0.2) is 78.5 Å². The number of benzene rings is 1. The molecule has 1 aromatic carbocycles. The number of rotatable bonds is 8. The van der Waals surface area contributed by atoms with E-state index in [9.17, 15) is 9.59 Å². The fourth-order valence-electron chi connectivity index (χ4n) is 3.97. The highest BCUT2D eigenvalue weighted by Gasteiger charge is 2.37. The van der Waals surface area contributed by atoms with Crippen molar-refractivity contribution < 1.29 is 28.9 Å². The van der Waals surface area contributed by atoms with Crippen molar-refractivity contribution in [3.63, 3.8) is 0 Å². The molecule has 2 unspecified atom stereocenters. The zero-order chi connectivity index (χ0) is 27.7. The highest BCUT2D eigenvalue weighted by Crippen LogP contribution is 2.37. The van der Waals surface area contributed by atoms with E-state index >= 15 is 0 Å². The maximum atomic E-state index is 13.3. The van der Waals surface area contributed by atoms with Gasteiger partial charge in [-0.3, -0.25) is 14.7 Å². The van der Waals surface area contributed by atoms with Crippen molar-refractivity contribution in [3.05, 3.63) is 61.7 Å². The molecule has 4 rings (SSSR count). The number of hydrogen-bond donors (Lipinski definition) is 2. The van der Waals surface area contributed by atoms with Gasteiger partial charge in [-0.15, -0.1) is 11.3 Å². The minimum atomic E-state index is -0.812. The van der Waals surface area contributed by atoms with Crippen LogP contribution < -0.4 is 5.32 Å². The Morgan fingerprint density at radius 1 is 1.29 bits per heavy atom. The monoisotopic (exact) mass is 584 g/mol. The number of ether oxygens (including phenoxy) is 3.